The molecule has 0 saturated carbocycles. The number of nitrogens with one attached hydrogen (secondary N) is 1. The lowest BCUT2D eigenvalue weighted by atomic mass is 10.1. The number of benzene rings is 2. The summed E-state index contributed by atoms with van der Waals surface area (Å²) in [5, 5.41) is 13.9. The highest BCUT2D eigenvalue weighted by atomic mass is 32.1. The van der Waals surface area contributed by atoms with Gasteiger partial charge in [-0.2, -0.15) is 0 Å². The summed E-state index contributed by atoms with van der Waals surface area (Å²) in [5.41, 5.74) is 0.801. The first kappa shape index (κ1) is 15.6. The van der Waals surface area contributed by atoms with E-state index in [0.29, 0.717) is 0 Å². The van der Waals surface area contributed by atoms with Gasteiger partial charge in [0.05, 0.1) is 5.56 Å². The van der Waals surface area contributed by atoms with Crippen LogP contribution in [0.5, 0.6) is 0 Å². The number of fused-ring (bicyclic) bond motifs is 1. The predicted molar refractivity (Wildman–Crippen MR) is 90.3 cm³/mol. The minimum atomic E-state index is -0.816. The van der Waals surface area contributed by atoms with Crippen molar-refractivity contribution in [3.05, 3.63) is 70.4 Å². The summed E-state index contributed by atoms with van der Waals surface area (Å²) < 4.78 is 14.8. The van der Waals surface area contributed by atoms with Crippen molar-refractivity contribution in [2.45, 2.75) is 13.0 Å². The fraction of sp³-hybridized carbons (Fsp3) is 0.167. The number of carbonyl (C=O) groups excluding carboxylic acids is 1. The van der Waals surface area contributed by atoms with Gasteiger partial charge >= 0.3 is 0 Å². The Hall–Kier alpha value is -2.24. The van der Waals surface area contributed by atoms with Crippen LogP contribution in [0.1, 0.15) is 26.9 Å². The van der Waals surface area contributed by atoms with Gasteiger partial charge in [-0.1, -0.05) is 29.8 Å². The van der Waals surface area contributed by atoms with Crippen molar-refractivity contribution in [3.63, 3.8) is 0 Å². The van der Waals surface area contributed by atoms with E-state index in [4.69, 9.17) is 0 Å². The first-order valence-corrected chi connectivity index (χ1v) is 8.07. The van der Waals surface area contributed by atoms with Gasteiger partial charge in [0.2, 0.25) is 0 Å². The molecule has 0 fully saturated rings. The van der Waals surface area contributed by atoms with Crippen LogP contribution >= 0.6 is 11.3 Å². The molecule has 1 aromatic heterocycles. The molecule has 0 radical (unpaired) electrons. The van der Waals surface area contributed by atoms with Crippen molar-refractivity contribution in [1.29, 1.82) is 0 Å². The van der Waals surface area contributed by atoms with Crippen molar-refractivity contribution in [3.8, 4) is 0 Å². The fourth-order valence-corrected chi connectivity index (χ4v) is 3.42. The van der Waals surface area contributed by atoms with Crippen LogP contribution in [-0.2, 0) is 0 Å². The lowest BCUT2D eigenvalue weighted by Gasteiger charge is -2.11. The zero-order valence-electron chi connectivity index (χ0n) is 12.5. The summed E-state index contributed by atoms with van der Waals surface area (Å²) in [5.74, 6) is -1.09. The van der Waals surface area contributed by atoms with Crippen LogP contribution in [0, 0.1) is 12.7 Å². The SMILES string of the molecule is Cc1ccc(F)c(C(=O)NCC(O)c2cc3ccccc3s2)c1. The van der Waals surface area contributed by atoms with Crippen LogP contribution in [0.2, 0.25) is 0 Å². The molecule has 1 heterocycles. The molecule has 0 bridgehead atoms. The highest BCUT2D eigenvalue weighted by molar-refractivity contribution is 7.19. The molecule has 118 valence electrons. The first-order chi connectivity index (χ1) is 11.0. The Bertz CT molecular complexity index is 826. The molecule has 5 heteroatoms. The van der Waals surface area contributed by atoms with Gasteiger partial charge in [0.15, 0.2) is 0 Å². The van der Waals surface area contributed by atoms with Crippen LogP contribution in [0.25, 0.3) is 10.1 Å². The van der Waals surface area contributed by atoms with Crippen LogP contribution in [0.15, 0.2) is 48.5 Å². The molecule has 1 atom stereocenters. The van der Waals surface area contributed by atoms with Crippen molar-refractivity contribution in [2.24, 2.45) is 0 Å². The van der Waals surface area contributed by atoms with Gasteiger partial charge < -0.3 is 10.4 Å². The molecule has 1 unspecified atom stereocenters. The monoisotopic (exact) mass is 329 g/mol. The van der Waals surface area contributed by atoms with E-state index < -0.39 is 17.8 Å². The minimum Gasteiger partial charge on any atom is -0.386 e. The third-order valence-corrected chi connectivity index (χ3v) is 4.81. The number of carbonyl (C=O) groups is 1. The van der Waals surface area contributed by atoms with E-state index in [9.17, 15) is 14.3 Å². The molecule has 3 nitrogen and oxygen atoms in total. The van der Waals surface area contributed by atoms with Crippen molar-refractivity contribution in [1.82, 2.24) is 5.32 Å². The third kappa shape index (κ3) is 3.41. The molecule has 0 spiro atoms. The van der Waals surface area contributed by atoms with Crippen LogP contribution in [0.3, 0.4) is 0 Å². The van der Waals surface area contributed by atoms with Gasteiger partial charge in [-0.3, -0.25) is 4.79 Å². The zero-order valence-corrected chi connectivity index (χ0v) is 13.4. The number of rotatable bonds is 4. The van der Waals surface area contributed by atoms with E-state index in [1.165, 1.54) is 23.5 Å². The second-order valence-electron chi connectivity index (χ2n) is 5.40. The fourth-order valence-electron chi connectivity index (χ4n) is 2.36. The van der Waals surface area contributed by atoms with Crippen molar-refractivity contribution in [2.75, 3.05) is 6.54 Å². The van der Waals surface area contributed by atoms with Gasteiger partial charge in [0.1, 0.15) is 11.9 Å². The van der Waals surface area contributed by atoms with Gasteiger partial charge in [0.25, 0.3) is 5.91 Å². The van der Waals surface area contributed by atoms with E-state index in [0.717, 1.165) is 20.5 Å². The number of amides is 1. The van der Waals surface area contributed by atoms with Gasteiger partial charge in [-0.15, -0.1) is 11.3 Å². The quantitative estimate of drug-likeness (QED) is 0.765. The third-order valence-electron chi connectivity index (χ3n) is 3.60. The molecule has 0 saturated heterocycles. The average Bonchev–Trinajstić information content (AvgIpc) is 2.98. The normalized spacial score (nSPS) is 12.3. The largest absolute Gasteiger partial charge is 0.386 e. The molecule has 0 aliphatic rings. The summed E-state index contributed by atoms with van der Waals surface area (Å²) >= 11 is 1.48. The Balaban J connectivity index is 1.69. The van der Waals surface area contributed by atoms with E-state index in [-0.39, 0.29) is 12.1 Å². The van der Waals surface area contributed by atoms with E-state index in [2.05, 4.69) is 5.32 Å². The van der Waals surface area contributed by atoms with Gasteiger partial charge in [0, 0.05) is 16.1 Å². The Morgan fingerprint density at radius 1 is 1.26 bits per heavy atom. The number of aryl methyl sites for hydroxylation is 1. The molecular formula is C18H16FNO2S. The maximum atomic E-state index is 13.7. The number of thiophene rings is 1. The van der Waals surface area contributed by atoms with E-state index in [1.807, 2.05) is 30.3 Å². The van der Waals surface area contributed by atoms with E-state index in [1.54, 1.807) is 13.0 Å². The molecule has 2 aromatic carbocycles. The number of aliphatic hydroxyl groups is 1. The van der Waals surface area contributed by atoms with E-state index >= 15 is 0 Å². The lowest BCUT2D eigenvalue weighted by Crippen LogP contribution is -2.28. The molecular weight excluding hydrogens is 313 g/mol. The molecule has 0 aliphatic heterocycles. The maximum absolute atomic E-state index is 13.7. The Kier molecular flexibility index (Phi) is 4.41. The molecule has 1 amide bonds. The highest BCUT2D eigenvalue weighted by Crippen LogP contribution is 2.29. The Morgan fingerprint density at radius 3 is 2.83 bits per heavy atom. The van der Waals surface area contributed by atoms with Crippen LogP contribution in [-0.4, -0.2) is 17.6 Å². The molecule has 3 rings (SSSR count). The topological polar surface area (TPSA) is 49.3 Å². The Labute approximate surface area is 137 Å². The lowest BCUT2D eigenvalue weighted by molar-refractivity contribution is 0.0914. The van der Waals surface area contributed by atoms with Crippen molar-refractivity contribution >= 4 is 27.3 Å². The number of halogens is 1. The molecule has 3 aromatic rings. The summed E-state index contributed by atoms with van der Waals surface area (Å²) in [6.07, 6.45) is -0.816. The summed E-state index contributed by atoms with van der Waals surface area (Å²) in [4.78, 5) is 12.8. The molecule has 0 aliphatic carbocycles. The second-order valence-corrected chi connectivity index (χ2v) is 6.51. The standard InChI is InChI=1S/C18H16FNO2S/c1-11-6-7-14(19)13(8-11)18(22)20-10-15(21)17-9-12-4-2-3-5-16(12)23-17/h2-9,15,21H,10H2,1H3,(H,20,22). The summed E-state index contributed by atoms with van der Waals surface area (Å²) in [6.45, 7) is 1.83. The van der Waals surface area contributed by atoms with Crippen LogP contribution in [0.4, 0.5) is 4.39 Å². The smallest absolute Gasteiger partial charge is 0.254 e. The number of hydrogen-bond donors (Lipinski definition) is 2. The second kappa shape index (κ2) is 6.48. The number of hydrogen-bond acceptors (Lipinski definition) is 3. The van der Waals surface area contributed by atoms with Crippen molar-refractivity contribution < 1.29 is 14.3 Å². The van der Waals surface area contributed by atoms with Crippen LogP contribution < -0.4 is 5.32 Å². The molecule has 23 heavy (non-hydrogen) atoms. The van der Waals surface area contributed by atoms with Gasteiger partial charge in [-0.05, 0) is 36.6 Å². The predicted octanol–water partition coefficient (Wildman–Crippen LogP) is 3.81. The minimum absolute atomic E-state index is 0.00598. The summed E-state index contributed by atoms with van der Waals surface area (Å²) in [6, 6.07) is 14.1. The zero-order chi connectivity index (χ0) is 16.4. The maximum Gasteiger partial charge on any atom is 0.254 e. The highest BCUT2D eigenvalue weighted by Gasteiger charge is 2.16. The first-order valence-electron chi connectivity index (χ1n) is 7.25. The van der Waals surface area contributed by atoms with Gasteiger partial charge in [-0.25, -0.2) is 4.39 Å². The summed E-state index contributed by atoms with van der Waals surface area (Å²) in [7, 11) is 0. The average molecular weight is 329 g/mol. The Morgan fingerprint density at radius 2 is 2.04 bits per heavy atom. The number of aliphatic hydroxyl groups excluding tert-OH is 1. The molecule has 2 N–H and O–H groups in total.